The first kappa shape index (κ1) is 19.9. The van der Waals surface area contributed by atoms with Gasteiger partial charge in [0.05, 0.1) is 22.5 Å². The first-order chi connectivity index (χ1) is 14.0. The molecule has 0 spiro atoms. The highest BCUT2D eigenvalue weighted by Crippen LogP contribution is 2.27. The Hall–Kier alpha value is -2.35. The molecule has 0 bridgehead atoms. The van der Waals surface area contributed by atoms with Crippen LogP contribution in [0.4, 0.5) is 0 Å². The number of carbonyl (C=O) groups is 2. The van der Waals surface area contributed by atoms with Crippen LogP contribution in [0.2, 0.25) is 0 Å². The van der Waals surface area contributed by atoms with E-state index in [1.807, 2.05) is 23.6 Å². The summed E-state index contributed by atoms with van der Waals surface area (Å²) in [6.45, 7) is 6.74. The van der Waals surface area contributed by atoms with Gasteiger partial charge in [0, 0.05) is 38.3 Å². The highest BCUT2D eigenvalue weighted by atomic mass is 32.1. The summed E-state index contributed by atoms with van der Waals surface area (Å²) in [5, 5.41) is 0. The Morgan fingerprint density at radius 3 is 2.41 bits per heavy atom. The topological polar surface area (TPSA) is 79.3 Å². The van der Waals surface area contributed by atoms with Crippen LogP contribution in [0.15, 0.2) is 11.7 Å². The van der Waals surface area contributed by atoms with Gasteiger partial charge < -0.3 is 9.80 Å². The Kier molecular flexibility index (Phi) is 5.89. The maximum absolute atomic E-state index is 12.8. The standard InChI is InChI=1S/C21H27N5O2S/c1-14-17(20(27)25-8-4-3-5-9-25)11-22-19(24-14)16-7-6-10-26(12-16)21(28)18-15(2)23-13-29-18/h11,13,16H,3-10,12H2,1-2H3. The predicted octanol–water partition coefficient (Wildman–Crippen LogP) is 3.20. The molecule has 1 unspecified atom stereocenters. The van der Waals surface area contributed by atoms with Crippen LogP contribution in [-0.4, -0.2) is 62.7 Å². The highest BCUT2D eigenvalue weighted by Gasteiger charge is 2.29. The zero-order valence-corrected chi connectivity index (χ0v) is 17.9. The minimum Gasteiger partial charge on any atom is -0.339 e. The maximum atomic E-state index is 12.8. The molecule has 2 aliphatic rings. The number of amides is 2. The van der Waals surface area contributed by atoms with Crippen LogP contribution in [0, 0.1) is 13.8 Å². The third-order valence-electron chi connectivity index (χ3n) is 5.89. The molecule has 2 aliphatic heterocycles. The molecule has 2 amide bonds. The Balaban J connectivity index is 1.48. The van der Waals surface area contributed by atoms with Crippen molar-refractivity contribution in [1.29, 1.82) is 0 Å². The molecule has 2 aromatic rings. The van der Waals surface area contributed by atoms with E-state index in [2.05, 4.69) is 15.0 Å². The molecule has 4 rings (SSSR count). The first-order valence-corrected chi connectivity index (χ1v) is 11.2. The van der Waals surface area contributed by atoms with Gasteiger partial charge in [0.2, 0.25) is 0 Å². The number of aromatic nitrogens is 3. The number of nitrogens with zero attached hydrogens (tertiary/aromatic N) is 5. The Bertz CT molecular complexity index is 906. The molecule has 0 aliphatic carbocycles. The molecule has 2 fully saturated rings. The van der Waals surface area contributed by atoms with Gasteiger partial charge in [-0.25, -0.2) is 15.0 Å². The van der Waals surface area contributed by atoms with Crippen LogP contribution in [0.5, 0.6) is 0 Å². The molecule has 0 saturated carbocycles. The van der Waals surface area contributed by atoms with Gasteiger partial charge in [-0.05, 0) is 46.0 Å². The van der Waals surface area contributed by atoms with E-state index >= 15 is 0 Å². The normalized spacial score (nSPS) is 20.0. The highest BCUT2D eigenvalue weighted by molar-refractivity contribution is 7.11. The lowest BCUT2D eigenvalue weighted by Gasteiger charge is -2.32. The molecule has 2 aromatic heterocycles. The van der Waals surface area contributed by atoms with Crippen molar-refractivity contribution in [1.82, 2.24) is 24.8 Å². The van der Waals surface area contributed by atoms with Gasteiger partial charge in [0.15, 0.2) is 0 Å². The number of aryl methyl sites for hydroxylation is 2. The largest absolute Gasteiger partial charge is 0.339 e. The van der Waals surface area contributed by atoms with E-state index < -0.39 is 0 Å². The molecule has 0 N–H and O–H groups in total. The van der Waals surface area contributed by atoms with Crippen molar-refractivity contribution in [3.8, 4) is 0 Å². The number of thiazole rings is 1. The van der Waals surface area contributed by atoms with E-state index in [9.17, 15) is 9.59 Å². The van der Waals surface area contributed by atoms with Crippen LogP contribution >= 0.6 is 11.3 Å². The van der Waals surface area contributed by atoms with Crippen LogP contribution in [-0.2, 0) is 0 Å². The van der Waals surface area contributed by atoms with Crippen molar-refractivity contribution in [2.75, 3.05) is 26.2 Å². The fourth-order valence-corrected chi connectivity index (χ4v) is 4.95. The lowest BCUT2D eigenvalue weighted by Crippen LogP contribution is -2.39. The summed E-state index contributed by atoms with van der Waals surface area (Å²) in [7, 11) is 0. The fraction of sp³-hybridized carbons (Fsp3) is 0.571. The number of hydrogen-bond acceptors (Lipinski definition) is 6. The van der Waals surface area contributed by atoms with Crippen LogP contribution in [0.25, 0.3) is 0 Å². The molecule has 7 nitrogen and oxygen atoms in total. The summed E-state index contributed by atoms with van der Waals surface area (Å²) < 4.78 is 0. The van der Waals surface area contributed by atoms with E-state index in [1.165, 1.54) is 17.8 Å². The summed E-state index contributed by atoms with van der Waals surface area (Å²) in [5.41, 5.74) is 3.83. The monoisotopic (exact) mass is 413 g/mol. The van der Waals surface area contributed by atoms with Gasteiger partial charge in [-0.3, -0.25) is 9.59 Å². The van der Waals surface area contributed by atoms with Crippen molar-refractivity contribution in [3.63, 3.8) is 0 Å². The zero-order chi connectivity index (χ0) is 20.4. The van der Waals surface area contributed by atoms with Gasteiger partial charge in [-0.2, -0.15) is 0 Å². The molecule has 154 valence electrons. The van der Waals surface area contributed by atoms with E-state index in [0.717, 1.165) is 62.5 Å². The quantitative estimate of drug-likeness (QED) is 0.772. The van der Waals surface area contributed by atoms with E-state index in [1.54, 1.807) is 11.7 Å². The Labute approximate surface area is 175 Å². The second-order valence-corrected chi connectivity index (χ2v) is 8.79. The molecular formula is C21H27N5O2S. The molecule has 2 saturated heterocycles. The summed E-state index contributed by atoms with van der Waals surface area (Å²) in [5.74, 6) is 0.910. The lowest BCUT2D eigenvalue weighted by atomic mass is 9.96. The van der Waals surface area contributed by atoms with Crippen LogP contribution in [0.1, 0.15) is 75.3 Å². The molecule has 0 radical (unpaired) electrons. The van der Waals surface area contributed by atoms with Crippen molar-refractivity contribution in [2.45, 2.75) is 51.9 Å². The van der Waals surface area contributed by atoms with Crippen molar-refractivity contribution in [3.05, 3.63) is 39.4 Å². The molecule has 0 aromatic carbocycles. The van der Waals surface area contributed by atoms with Gasteiger partial charge in [0.1, 0.15) is 10.7 Å². The van der Waals surface area contributed by atoms with E-state index in [4.69, 9.17) is 0 Å². The van der Waals surface area contributed by atoms with Crippen LogP contribution < -0.4 is 0 Å². The molecule has 4 heterocycles. The summed E-state index contributed by atoms with van der Waals surface area (Å²) >= 11 is 1.39. The van der Waals surface area contributed by atoms with Crippen LogP contribution in [0.3, 0.4) is 0 Å². The van der Waals surface area contributed by atoms with Gasteiger partial charge in [-0.1, -0.05) is 0 Å². The summed E-state index contributed by atoms with van der Waals surface area (Å²) in [6, 6.07) is 0. The third-order valence-corrected chi connectivity index (χ3v) is 6.80. The fourth-order valence-electron chi connectivity index (χ4n) is 4.18. The zero-order valence-electron chi connectivity index (χ0n) is 17.1. The second kappa shape index (κ2) is 8.57. The second-order valence-electron chi connectivity index (χ2n) is 7.94. The van der Waals surface area contributed by atoms with E-state index in [0.29, 0.717) is 17.0 Å². The molecule has 29 heavy (non-hydrogen) atoms. The Morgan fingerprint density at radius 2 is 1.72 bits per heavy atom. The number of rotatable bonds is 3. The number of piperidine rings is 2. The Morgan fingerprint density at radius 1 is 0.966 bits per heavy atom. The molecule has 8 heteroatoms. The van der Waals surface area contributed by atoms with Gasteiger partial charge in [-0.15, -0.1) is 11.3 Å². The van der Waals surface area contributed by atoms with Crippen molar-refractivity contribution < 1.29 is 9.59 Å². The average molecular weight is 414 g/mol. The van der Waals surface area contributed by atoms with Gasteiger partial charge in [0.25, 0.3) is 11.8 Å². The minimum atomic E-state index is 0.0369. The minimum absolute atomic E-state index is 0.0369. The molecule has 1 atom stereocenters. The van der Waals surface area contributed by atoms with Crippen molar-refractivity contribution >= 4 is 23.2 Å². The maximum Gasteiger partial charge on any atom is 0.265 e. The van der Waals surface area contributed by atoms with E-state index in [-0.39, 0.29) is 17.7 Å². The number of hydrogen-bond donors (Lipinski definition) is 0. The lowest BCUT2D eigenvalue weighted by molar-refractivity contribution is 0.0707. The smallest absolute Gasteiger partial charge is 0.265 e. The average Bonchev–Trinajstić information content (AvgIpc) is 3.19. The predicted molar refractivity (Wildman–Crippen MR) is 111 cm³/mol. The van der Waals surface area contributed by atoms with Crippen molar-refractivity contribution in [2.24, 2.45) is 0 Å². The number of carbonyl (C=O) groups excluding carboxylic acids is 2. The van der Waals surface area contributed by atoms with Gasteiger partial charge >= 0.3 is 0 Å². The molecular weight excluding hydrogens is 386 g/mol. The summed E-state index contributed by atoms with van der Waals surface area (Å²) in [4.78, 5) is 43.6. The number of likely N-dealkylation sites (tertiary alicyclic amines) is 2. The first-order valence-electron chi connectivity index (χ1n) is 10.4. The third kappa shape index (κ3) is 4.17. The summed E-state index contributed by atoms with van der Waals surface area (Å²) in [6.07, 6.45) is 6.87. The SMILES string of the molecule is Cc1nc(C2CCCN(C(=O)c3scnc3C)C2)ncc1C(=O)N1CCCCC1.